The fraction of sp³-hybridized carbons (Fsp3) is 0.833. The third kappa shape index (κ3) is 1.92. The molecule has 10 atom stereocenters. The Balaban J connectivity index is 1.38. The quantitative estimate of drug-likeness (QED) is 0.776. The molecule has 5 saturated carbocycles. The zero-order chi connectivity index (χ0) is 19.6. The van der Waals surface area contributed by atoms with Crippen LogP contribution >= 0.6 is 0 Å². The summed E-state index contributed by atoms with van der Waals surface area (Å²) in [7, 11) is 0. The third-order valence-corrected chi connectivity index (χ3v) is 10.6. The van der Waals surface area contributed by atoms with Crippen LogP contribution in [0.25, 0.3) is 0 Å². The Bertz CT molecular complexity index is 815. The largest absolute Gasteiger partial charge is 0.481 e. The second kappa shape index (κ2) is 5.11. The lowest BCUT2D eigenvalue weighted by Crippen LogP contribution is -2.57. The van der Waals surface area contributed by atoms with Gasteiger partial charge in [0, 0.05) is 12.8 Å². The fourth-order valence-corrected chi connectivity index (χ4v) is 9.28. The molecule has 0 spiro atoms. The van der Waals surface area contributed by atoms with Crippen molar-refractivity contribution in [1.29, 1.82) is 0 Å². The minimum absolute atomic E-state index is 0.0783. The molecule has 4 heteroatoms. The Kier molecular flexibility index (Phi) is 3.23. The second-order valence-corrected chi connectivity index (χ2v) is 11.5. The summed E-state index contributed by atoms with van der Waals surface area (Å²) in [6.45, 7) is 4.72. The molecular weight excluding hydrogens is 352 g/mol. The van der Waals surface area contributed by atoms with Gasteiger partial charge in [0.1, 0.15) is 0 Å². The van der Waals surface area contributed by atoms with Crippen molar-refractivity contribution < 1.29 is 19.8 Å². The van der Waals surface area contributed by atoms with Crippen LogP contribution in [0, 0.1) is 52.3 Å². The van der Waals surface area contributed by atoms with E-state index in [1.54, 1.807) is 0 Å². The van der Waals surface area contributed by atoms with Crippen molar-refractivity contribution in [1.82, 2.24) is 0 Å². The van der Waals surface area contributed by atoms with Crippen LogP contribution in [0.1, 0.15) is 65.2 Å². The van der Waals surface area contributed by atoms with Gasteiger partial charge in [-0.25, -0.2) is 0 Å². The number of hydrogen-bond acceptors (Lipinski definition) is 3. The van der Waals surface area contributed by atoms with Crippen molar-refractivity contribution in [3.63, 3.8) is 0 Å². The van der Waals surface area contributed by atoms with Crippen molar-refractivity contribution in [2.75, 3.05) is 0 Å². The fourth-order valence-electron chi connectivity index (χ4n) is 9.28. The maximum Gasteiger partial charge on any atom is 0.303 e. The number of fused-ring (bicyclic) bond motifs is 10. The first kappa shape index (κ1) is 17.7. The zero-order valence-corrected chi connectivity index (χ0v) is 17.0. The summed E-state index contributed by atoms with van der Waals surface area (Å²) in [5.41, 5.74) is 0.705. The van der Waals surface area contributed by atoms with Gasteiger partial charge in [0.15, 0.2) is 5.78 Å². The molecule has 4 nitrogen and oxygen atoms in total. The van der Waals surface area contributed by atoms with Crippen molar-refractivity contribution in [3.8, 4) is 0 Å². The van der Waals surface area contributed by atoms with Gasteiger partial charge >= 0.3 is 5.97 Å². The summed E-state index contributed by atoms with van der Waals surface area (Å²) in [6.07, 6.45) is 8.65. The number of allylic oxidation sites excluding steroid dienone is 1. The van der Waals surface area contributed by atoms with E-state index in [4.69, 9.17) is 0 Å². The first-order valence-corrected chi connectivity index (χ1v) is 11.4. The Morgan fingerprint density at radius 3 is 2.71 bits per heavy atom. The topological polar surface area (TPSA) is 74.6 Å². The molecule has 3 unspecified atom stereocenters. The SMILES string of the molecule is C[C@]12CCC(=O)C=C1[C@@H]1C[C@@H]1C1C2CC[C@@]2(C)C1[C@@H]1C[C@@H]1[C@@]2(O)CCC(=O)O. The van der Waals surface area contributed by atoms with Crippen LogP contribution in [0.15, 0.2) is 11.6 Å². The smallest absolute Gasteiger partial charge is 0.303 e. The van der Waals surface area contributed by atoms with Crippen LogP contribution < -0.4 is 0 Å². The van der Waals surface area contributed by atoms with Crippen LogP contribution in [0.5, 0.6) is 0 Å². The first-order chi connectivity index (χ1) is 13.2. The van der Waals surface area contributed by atoms with Gasteiger partial charge in [0.25, 0.3) is 0 Å². The Morgan fingerprint density at radius 1 is 1.18 bits per heavy atom. The van der Waals surface area contributed by atoms with E-state index in [1.807, 2.05) is 6.08 Å². The van der Waals surface area contributed by atoms with E-state index in [9.17, 15) is 19.8 Å². The van der Waals surface area contributed by atoms with Crippen LogP contribution in [0.2, 0.25) is 0 Å². The van der Waals surface area contributed by atoms with Crippen LogP contribution in [-0.2, 0) is 9.59 Å². The molecule has 0 amide bonds. The Hall–Kier alpha value is -1.16. The predicted octanol–water partition coefficient (Wildman–Crippen LogP) is 3.83. The Labute approximate surface area is 166 Å². The third-order valence-electron chi connectivity index (χ3n) is 10.6. The highest BCUT2D eigenvalue weighted by molar-refractivity contribution is 5.92. The summed E-state index contributed by atoms with van der Waals surface area (Å²) in [6, 6.07) is 0. The minimum atomic E-state index is -0.796. The predicted molar refractivity (Wildman–Crippen MR) is 103 cm³/mol. The lowest BCUT2D eigenvalue weighted by Gasteiger charge is -2.60. The van der Waals surface area contributed by atoms with Crippen LogP contribution in [0.4, 0.5) is 0 Å². The number of aliphatic hydroxyl groups is 1. The van der Waals surface area contributed by atoms with Crippen molar-refractivity contribution >= 4 is 11.8 Å². The highest BCUT2D eigenvalue weighted by atomic mass is 16.4. The van der Waals surface area contributed by atoms with Gasteiger partial charge in [-0.3, -0.25) is 9.59 Å². The average molecular weight is 385 g/mol. The molecule has 2 N–H and O–H groups in total. The van der Waals surface area contributed by atoms with Crippen molar-refractivity contribution in [2.45, 2.75) is 70.8 Å². The molecule has 0 aromatic rings. The zero-order valence-electron chi connectivity index (χ0n) is 17.0. The number of carboxylic acids is 1. The molecule has 5 fully saturated rings. The molecule has 0 bridgehead atoms. The number of rotatable bonds is 3. The van der Waals surface area contributed by atoms with Crippen molar-refractivity contribution in [2.24, 2.45) is 52.3 Å². The molecular formula is C24H32O4. The lowest BCUT2D eigenvalue weighted by molar-refractivity contribution is -0.160. The molecule has 0 saturated heterocycles. The molecule has 0 aromatic heterocycles. The molecule has 0 radical (unpaired) electrons. The van der Waals surface area contributed by atoms with Gasteiger partial charge in [0.05, 0.1) is 5.60 Å². The molecule has 28 heavy (non-hydrogen) atoms. The average Bonchev–Trinajstić information content (AvgIpc) is 3.53. The van der Waals surface area contributed by atoms with E-state index in [0.29, 0.717) is 60.1 Å². The van der Waals surface area contributed by atoms with Gasteiger partial charge in [-0.15, -0.1) is 0 Å². The van der Waals surface area contributed by atoms with Gasteiger partial charge < -0.3 is 10.2 Å². The summed E-state index contributed by atoms with van der Waals surface area (Å²) in [5.74, 6) is 3.58. The minimum Gasteiger partial charge on any atom is -0.481 e. The maximum atomic E-state index is 12.1. The molecule has 6 aliphatic carbocycles. The molecule has 0 aliphatic heterocycles. The molecule has 0 heterocycles. The number of aliphatic carboxylic acids is 1. The normalized spacial score (nSPS) is 57.9. The Morgan fingerprint density at radius 2 is 1.96 bits per heavy atom. The highest BCUT2D eigenvalue weighted by Crippen LogP contribution is 2.81. The standard InChI is InChI=1S/C24H32O4/c1-22-6-3-12(25)9-17(22)13-10-14(13)20-16(22)4-7-23(2)21(20)15-11-18(15)24(23,28)8-5-19(26)27/h9,13-16,18,20-21,28H,3-8,10-11H2,1-2H3,(H,26,27)/t13-,14+,15-,16?,18+,20?,21?,22-,23+,24+/m1/s1. The number of carbonyl (C=O) groups is 2. The maximum absolute atomic E-state index is 12.1. The second-order valence-electron chi connectivity index (χ2n) is 11.5. The van der Waals surface area contributed by atoms with Crippen LogP contribution in [-0.4, -0.2) is 27.6 Å². The van der Waals surface area contributed by atoms with Crippen LogP contribution in [0.3, 0.4) is 0 Å². The number of carboxylic acid groups (broad SMARTS) is 1. The van der Waals surface area contributed by atoms with E-state index in [1.165, 1.54) is 12.0 Å². The molecule has 6 rings (SSSR count). The lowest BCUT2D eigenvalue weighted by atomic mass is 9.45. The monoisotopic (exact) mass is 384 g/mol. The first-order valence-electron chi connectivity index (χ1n) is 11.4. The van der Waals surface area contributed by atoms with E-state index >= 15 is 0 Å². The van der Waals surface area contributed by atoms with Gasteiger partial charge in [-0.2, -0.15) is 0 Å². The van der Waals surface area contributed by atoms with E-state index in [-0.39, 0.29) is 17.3 Å². The number of carbonyl (C=O) groups excluding carboxylic acids is 1. The van der Waals surface area contributed by atoms with E-state index in [0.717, 1.165) is 25.7 Å². The molecule has 0 aromatic carbocycles. The van der Waals surface area contributed by atoms with Gasteiger partial charge in [-0.05, 0) is 96.9 Å². The summed E-state index contributed by atoms with van der Waals surface area (Å²) in [5, 5.41) is 21.1. The molecule has 6 aliphatic rings. The summed E-state index contributed by atoms with van der Waals surface area (Å²) >= 11 is 0. The van der Waals surface area contributed by atoms with Crippen molar-refractivity contribution in [3.05, 3.63) is 11.6 Å². The highest BCUT2D eigenvalue weighted by Gasteiger charge is 2.78. The number of hydrogen-bond donors (Lipinski definition) is 2. The van der Waals surface area contributed by atoms with E-state index < -0.39 is 11.6 Å². The van der Waals surface area contributed by atoms with Gasteiger partial charge in [-0.1, -0.05) is 19.4 Å². The summed E-state index contributed by atoms with van der Waals surface area (Å²) < 4.78 is 0. The summed E-state index contributed by atoms with van der Waals surface area (Å²) in [4.78, 5) is 23.4. The number of ketones is 1. The van der Waals surface area contributed by atoms with E-state index in [2.05, 4.69) is 13.8 Å². The van der Waals surface area contributed by atoms with Gasteiger partial charge in [0.2, 0.25) is 0 Å². The molecule has 152 valence electrons.